The number of nitrogens with zero attached hydrogens (tertiary/aromatic N) is 1. The number of rotatable bonds is 2. The van der Waals surface area contributed by atoms with Crippen molar-refractivity contribution in [1.29, 1.82) is 0 Å². The Labute approximate surface area is 74.6 Å². The predicted molar refractivity (Wildman–Crippen MR) is 51.5 cm³/mol. The molecule has 3 nitrogen and oxygen atoms in total. The van der Waals surface area contributed by atoms with Gasteiger partial charge in [-0.05, 0) is 6.42 Å². The maximum absolute atomic E-state index is 5.33. The normalized spacial score (nSPS) is 24.6. The fourth-order valence-electron chi connectivity index (χ4n) is 1.06. The zero-order valence-electron chi connectivity index (χ0n) is 5.81. The molecule has 0 saturated heterocycles. The Morgan fingerprint density at radius 3 is 3.20 bits per heavy atom. The fraction of sp³-hybridized carbons (Fsp3) is 0.833. The molecule has 10 heavy (non-hydrogen) atoms. The molecule has 0 amide bonds. The molecule has 1 aliphatic rings. The Kier molecular flexibility index (Phi) is 3.41. The third kappa shape index (κ3) is 1.82. The number of hydrogen-bond donors (Lipinski definition) is 2. The predicted octanol–water partition coefficient (Wildman–Crippen LogP) is 0.346. The van der Waals surface area contributed by atoms with Crippen molar-refractivity contribution in [2.75, 3.05) is 17.6 Å². The molecule has 0 saturated carbocycles. The van der Waals surface area contributed by atoms with Gasteiger partial charge >= 0.3 is 0 Å². The first-order valence-electron chi connectivity index (χ1n) is 3.42. The van der Waals surface area contributed by atoms with Crippen LogP contribution in [0.3, 0.4) is 0 Å². The summed E-state index contributed by atoms with van der Waals surface area (Å²) in [5.74, 6) is 1.74. The number of halogens is 1. The van der Waals surface area contributed by atoms with Crippen molar-refractivity contribution < 1.29 is 0 Å². The molecule has 1 unspecified atom stereocenters. The van der Waals surface area contributed by atoms with Crippen LogP contribution in [-0.2, 0) is 0 Å². The molecule has 0 aliphatic carbocycles. The Morgan fingerprint density at radius 1 is 1.80 bits per heavy atom. The second kappa shape index (κ2) is 4.12. The highest BCUT2D eigenvalue weighted by molar-refractivity contribution is 14.1. The summed E-state index contributed by atoms with van der Waals surface area (Å²) in [7, 11) is 0. The molecule has 1 aliphatic heterocycles. The van der Waals surface area contributed by atoms with Crippen molar-refractivity contribution in [3.05, 3.63) is 0 Å². The quantitative estimate of drug-likeness (QED) is 0.423. The lowest BCUT2D eigenvalue weighted by Gasteiger charge is -2.09. The Bertz CT molecular complexity index is 135. The summed E-state index contributed by atoms with van der Waals surface area (Å²) in [6.07, 6.45) is 1.19. The average Bonchev–Trinajstić information content (AvgIpc) is 2.36. The molecule has 0 spiro atoms. The smallest absolute Gasteiger partial charge is 0.101 e. The van der Waals surface area contributed by atoms with E-state index in [1.54, 1.807) is 0 Å². The summed E-state index contributed by atoms with van der Waals surface area (Å²) in [5.41, 5.74) is 5.33. The Hall–Kier alpha value is 0.160. The van der Waals surface area contributed by atoms with E-state index in [2.05, 4.69) is 32.9 Å². The van der Waals surface area contributed by atoms with Crippen LogP contribution in [-0.4, -0.2) is 23.5 Å². The summed E-state index contributed by atoms with van der Waals surface area (Å²) in [6.45, 7) is 1.47. The molecule has 0 aromatic carbocycles. The monoisotopic (exact) mass is 253 g/mol. The Morgan fingerprint density at radius 2 is 2.60 bits per heavy atom. The largest absolute Gasteiger partial charge is 0.361 e. The van der Waals surface area contributed by atoms with Crippen molar-refractivity contribution in [1.82, 2.24) is 5.32 Å². The zero-order chi connectivity index (χ0) is 7.40. The SMILES string of the molecule is NCNC1=NCCC1CI. The molecule has 0 bridgehead atoms. The van der Waals surface area contributed by atoms with Crippen molar-refractivity contribution in [2.45, 2.75) is 6.42 Å². The number of nitrogens with two attached hydrogens (primary N) is 1. The highest BCUT2D eigenvalue weighted by Crippen LogP contribution is 2.14. The summed E-state index contributed by atoms with van der Waals surface area (Å²) < 4.78 is 1.14. The molecule has 3 N–H and O–H groups in total. The van der Waals surface area contributed by atoms with Gasteiger partial charge in [-0.1, -0.05) is 22.6 Å². The van der Waals surface area contributed by atoms with Crippen molar-refractivity contribution >= 4 is 28.4 Å². The van der Waals surface area contributed by atoms with Crippen LogP contribution in [0.15, 0.2) is 4.99 Å². The summed E-state index contributed by atoms with van der Waals surface area (Å²) in [4.78, 5) is 4.30. The van der Waals surface area contributed by atoms with Crippen LogP contribution < -0.4 is 11.1 Å². The van der Waals surface area contributed by atoms with Gasteiger partial charge in [0.1, 0.15) is 5.84 Å². The van der Waals surface area contributed by atoms with Gasteiger partial charge in [0, 0.05) is 16.9 Å². The molecule has 0 aromatic heterocycles. The van der Waals surface area contributed by atoms with Gasteiger partial charge in [-0.25, -0.2) is 0 Å². The average molecular weight is 253 g/mol. The first-order chi connectivity index (χ1) is 4.88. The van der Waals surface area contributed by atoms with E-state index in [1.807, 2.05) is 0 Å². The van der Waals surface area contributed by atoms with Gasteiger partial charge in [-0.15, -0.1) is 0 Å². The second-order valence-electron chi connectivity index (χ2n) is 2.29. The molecular formula is C6H12IN3. The van der Waals surface area contributed by atoms with Gasteiger partial charge < -0.3 is 11.1 Å². The van der Waals surface area contributed by atoms with E-state index in [4.69, 9.17) is 5.73 Å². The van der Waals surface area contributed by atoms with Crippen LogP contribution in [0.2, 0.25) is 0 Å². The minimum absolute atomic E-state index is 0.506. The third-order valence-electron chi connectivity index (χ3n) is 1.62. The molecule has 58 valence electrons. The van der Waals surface area contributed by atoms with Crippen molar-refractivity contribution in [3.63, 3.8) is 0 Å². The third-order valence-corrected chi connectivity index (χ3v) is 2.68. The van der Waals surface area contributed by atoms with E-state index in [0.717, 1.165) is 16.8 Å². The first-order valence-corrected chi connectivity index (χ1v) is 4.95. The topological polar surface area (TPSA) is 50.4 Å². The van der Waals surface area contributed by atoms with E-state index in [1.165, 1.54) is 6.42 Å². The number of aliphatic imine (C=N–C) groups is 1. The summed E-state index contributed by atoms with van der Waals surface area (Å²) in [5, 5.41) is 3.07. The highest BCUT2D eigenvalue weighted by Gasteiger charge is 2.18. The number of nitrogens with one attached hydrogen (secondary N) is 1. The lowest BCUT2D eigenvalue weighted by Crippen LogP contribution is -2.33. The van der Waals surface area contributed by atoms with E-state index in [-0.39, 0.29) is 0 Å². The van der Waals surface area contributed by atoms with Crippen LogP contribution in [0, 0.1) is 5.92 Å². The van der Waals surface area contributed by atoms with Crippen LogP contribution in [0.25, 0.3) is 0 Å². The van der Waals surface area contributed by atoms with Gasteiger partial charge in [-0.3, -0.25) is 4.99 Å². The van der Waals surface area contributed by atoms with Crippen LogP contribution in [0.4, 0.5) is 0 Å². The van der Waals surface area contributed by atoms with Crippen LogP contribution >= 0.6 is 22.6 Å². The number of alkyl halides is 1. The van der Waals surface area contributed by atoms with Crippen LogP contribution in [0.1, 0.15) is 6.42 Å². The standard InChI is InChI=1S/C6H12IN3/c7-3-5-1-2-9-6(5)10-4-8/h5H,1-4,8H2,(H,9,10). The molecule has 0 fully saturated rings. The molecule has 0 radical (unpaired) electrons. The molecule has 1 heterocycles. The zero-order valence-corrected chi connectivity index (χ0v) is 7.97. The lowest BCUT2D eigenvalue weighted by atomic mass is 10.1. The van der Waals surface area contributed by atoms with Crippen molar-refractivity contribution in [2.24, 2.45) is 16.6 Å². The maximum atomic E-state index is 5.33. The molecule has 1 atom stereocenters. The van der Waals surface area contributed by atoms with Gasteiger partial charge in [0.15, 0.2) is 0 Å². The highest BCUT2D eigenvalue weighted by atomic mass is 127. The molecule has 4 heteroatoms. The second-order valence-corrected chi connectivity index (χ2v) is 3.17. The summed E-state index contributed by atoms with van der Waals surface area (Å²) in [6, 6.07) is 0. The van der Waals surface area contributed by atoms with Gasteiger partial charge in [0.25, 0.3) is 0 Å². The van der Waals surface area contributed by atoms with Crippen LogP contribution in [0.5, 0.6) is 0 Å². The number of hydrogen-bond acceptors (Lipinski definition) is 3. The first kappa shape index (κ1) is 8.26. The fourth-order valence-corrected chi connectivity index (χ4v) is 1.92. The van der Waals surface area contributed by atoms with E-state index in [0.29, 0.717) is 12.6 Å². The number of amidine groups is 1. The summed E-state index contributed by atoms with van der Waals surface area (Å²) >= 11 is 2.38. The maximum Gasteiger partial charge on any atom is 0.101 e. The lowest BCUT2D eigenvalue weighted by molar-refractivity contribution is 0.744. The Balaban J connectivity index is 2.40. The van der Waals surface area contributed by atoms with E-state index < -0.39 is 0 Å². The minimum Gasteiger partial charge on any atom is -0.361 e. The van der Waals surface area contributed by atoms with E-state index in [9.17, 15) is 0 Å². The van der Waals surface area contributed by atoms with Gasteiger partial charge in [0.2, 0.25) is 0 Å². The molecule has 1 rings (SSSR count). The minimum atomic E-state index is 0.506. The molecule has 0 aromatic rings. The molecular weight excluding hydrogens is 241 g/mol. The van der Waals surface area contributed by atoms with Crippen molar-refractivity contribution in [3.8, 4) is 0 Å². The van der Waals surface area contributed by atoms with E-state index >= 15 is 0 Å². The van der Waals surface area contributed by atoms with Gasteiger partial charge in [0.05, 0.1) is 6.67 Å². The van der Waals surface area contributed by atoms with Gasteiger partial charge in [-0.2, -0.15) is 0 Å².